The number of furan rings is 1. The second-order valence-corrected chi connectivity index (χ2v) is 10.8. The van der Waals surface area contributed by atoms with Crippen molar-refractivity contribution in [3.05, 3.63) is 35.1 Å². The van der Waals surface area contributed by atoms with E-state index in [0.29, 0.717) is 41.3 Å². The van der Waals surface area contributed by atoms with Gasteiger partial charge >= 0.3 is 0 Å². The molecule has 1 aliphatic carbocycles. The lowest BCUT2D eigenvalue weighted by molar-refractivity contribution is -0.153. The molecule has 3 atom stereocenters. The molecule has 0 fully saturated rings. The van der Waals surface area contributed by atoms with Gasteiger partial charge in [-0.3, -0.25) is 14.4 Å². The number of amides is 1. The molecule has 39 heavy (non-hydrogen) atoms. The predicted octanol–water partition coefficient (Wildman–Crippen LogP) is 1.08. The molecule has 2 aromatic rings. The summed E-state index contributed by atoms with van der Waals surface area (Å²) in [6.45, 7) is -0.753. The van der Waals surface area contributed by atoms with Crippen molar-refractivity contribution < 1.29 is 39.2 Å². The number of carbonyl (C=O) groups is 3. The van der Waals surface area contributed by atoms with Crippen LogP contribution in [0.3, 0.4) is 0 Å². The van der Waals surface area contributed by atoms with Gasteiger partial charge in [-0.2, -0.15) is 0 Å². The van der Waals surface area contributed by atoms with Crippen LogP contribution in [0.5, 0.6) is 5.75 Å². The fraction of sp³-hybridized carbons (Fsp3) is 0.536. The maximum atomic E-state index is 13.5. The van der Waals surface area contributed by atoms with Crippen molar-refractivity contribution in [3.8, 4) is 17.1 Å². The summed E-state index contributed by atoms with van der Waals surface area (Å²) in [4.78, 5) is 41.2. The zero-order valence-corrected chi connectivity index (χ0v) is 22.9. The van der Waals surface area contributed by atoms with E-state index in [2.05, 4.69) is 0 Å². The topological polar surface area (TPSA) is 178 Å². The normalized spacial score (nSPS) is 17.5. The summed E-state index contributed by atoms with van der Waals surface area (Å²) in [5, 5.41) is 41.8. The smallest absolute Gasteiger partial charge is 0.224 e. The van der Waals surface area contributed by atoms with E-state index in [4.69, 9.17) is 10.2 Å². The Kier molecular flexibility index (Phi) is 9.55. The first-order chi connectivity index (χ1) is 18.3. The number of anilines is 1. The average molecular weight is 546 g/mol. The molecule has 1 amide bonds. The number of carbonyl (C=O) groups excluding carboxylic acids is 3. The van der Waals surface area contributed by atoms with Gasteiger partial charge in [-0.1, -0.05) is 0 Å². The third kappa shape index (κ3) is 6.50. The van der Waals surface area contributed by atoms with Crippen LogP contribution >= 0.6 is 0 Å². The second-order valence-electron chi connectivity index (χ2n) is 10.8. The lowest BCUT2D eigenvalue weighted by Crippen LogP contribution is -2.51. The number of aromatic hydroxyl groups is 1. The van der Waals surface area contributed by atoms with Crippen molar-refractivity contribution >= 4 is 23.2 Å². The van der Waals surface area contributed by atoms with E-state index in [1.54, 1.807) is 12.1 Å². The van der Waals surface area contributed by atoms with E-state index in [9.17, 15) is 34.8 Å². The summed E-state index contributed by atoms with van der Waals surface area (Å²) in [6, 6.07) is 5.35. The second kappa shape index (κ2) is 12.3. The summed E-state index contributed by atoms with van der Waals surface area (Å²) in [7, 11) is 7.48. The summed E-state index contributed by atoms with van der Waals surface area (Å²) in [5.41, 5.74) is 4.78. The molecule has 11 heteroatoms. The molecule has 2 unspecified atom stereocenters. The molecule has 0 spiro atoms. The summed E-state index contributed by atoms with van der Waals surface area (Å²) >= 11 is 0. The van der Waals surface area contributed by atoms with E-state index in [1.807, 2.05) is 44.1 Å². The van der Waals surface area contributed by atoms with Crippen LogP contribution in [0.4, 0.5) is 5.69 Å². The maximum absolute atomic E-state index is 13.5. The van der Waals surface area contributed by atoms with Gasteiger partial charge in [-0.25, -0.2) is 0 Å². The van der Waals surface area contributed by atoms with Gasteiger partial charge in [-0.05, 0) is 69.0 Å². The first-order valence-electron chi connectivity index (χ1n) is 12.9. The van der Waals surface area contributed by atoms with Crippen molar-refractivity contribution in [2.75, 3.05) is 46.3 Å². The number of primary amides is 1. The van der Waals surface area contributed by atoms with Crippen molar-refractivity contribution in [2.45, 2.75) is 44.2 Å². The maximum Gasteiger partial charge on any atom is 0.224 e. The summed E-state index contributed by atoms with van der Waals surface area (Å²) in [6.07, 6.45) is -0.295. The number of phenolic OH excluding ortho intramolecular Hbond substituents is 1. The highest BCUT2D eigenvalue weighted by molar-refractivity contribution is 6.05. The lowest BCUT2D eigenvalue weighted by atomic mass is 9.71. The third-order valence-corrected chi connectivity index (χ3v) is 7.34. The molecule has 1 aromatic heterocycles. The van der Waals surface area contributed by atoms with E-state index >= 15 is 0 Å². The van der Waals surface area contributed by atoms with Gasteiger partial charge in [0.25, 0.3) is 0 Å². The zero-order valence-electron chi connectivity index (χ0n) is 22.9. The van der Waals surface area contributed by atoms with Gasteiger partial charge in [0.15, 0.2) is 11.6 Å². The summed E-state index contributed by atoms with van der Waals surface area (Å²) < 4.78 is 5.95. The van der Waals surface area contributed by atoms with Gasteiger partial charge in [0.05, 0.1) is 30.7 Å². The molecule has 0 aliphatic heterocycles. The minimum Gasteiger partial charge on any atom is -0.506 e. The van der Waals surface area contributed by atoms with Gasteiger partial charge in [0, 0.05) is 32.8 Å². The molecule has 1 aromatic carbocycles. The Bertz CT molecular complexity index is 1220. The Morgan fingerprint density at radius 2 is 1.87 bits per heavy atom. The van der Waals surface area contributed by atoms with Crippen molar-refractivity contribution in [2.24, 2.45) is 17.6 Å². The minimum absolute atomic E-state index is 0.0222. The number of fused-ring (bicyclic) bond motifs is 1. The highest BCUT2D eigenvalue weighted by Crippen LogP contribution is 2.46. The van der Waals surface area contributed by atoms with Crippen LogP contribution in [0.25, 0.3) is 11.3 Å². The Balaban J connectivity index is 1.99. The fourth-order valence-electron chi connectivity index (χ4n) is 5.47. The zero-order chi connectivity index (χ0) is 29.1. The van der Waals surface area contributed by atoms with Crippen LogP contribution in [0.15, 0.2) is 22.6 Å². The number of benzene rings is 1. The highest BCUT2D eigenvalue weighted by atomic mass is 16.3. The van der Waals surface area contributed by atoms with Crippen LogP contribution in [-0.4, -0.2) is 89.8 Å². The van der Waals surface area contributed by atoms with Gasteiger partial charge in [-0.15, -0.1) is 0 Å². The molecule has 1 heterocycles. The number of aliphatic hydroxyl groups excluding tert-OH is 2. The number of Topliss-reactive ketones (excluding diaryl/α,β-unsaturated/α-hetero) is 2. The van der Waals surface area contributed by atoms with Crippen molar-refractivity contribution in [1.82, 2.24) is 4.90 Å². The molecule has 1 aliphatic rings. The average Bonchev–Trinajstić information content (AvgIpc) is 3.29. The number of nitrogens with two attached hydrogens (primary N) is 1. The number of hydrogen-bond acceptors (Lipinski definition) is 10. The molecule has 214 valence electrons. The van der Waals surface area contributed by atoms with E-state index in [1.165, 1.54) is 0 Å². The highest BCUT2D eigenvalue weighted by Gasteiger charge is 2.45. The Hall–Kier alpha value is -3.25. The van der Waals surface area contributed by atoms with Crippen LogP contribution in [0, 0.1) is 11.8 Å². The van der Waals surface area contributed by atoms with Crippen LogP contribution in [-0.2, 0) is 22.6 Å². The van der Waals surface area contributed by atoms with E-state index in [0.717, 1.165) is 0 Å². The number of nitrogens with zero attached hydrogens (tertiary/aromatic N) is 2. The number of phenols is 1. The number of aliphatic hydroxyl groups is 3. The Labute approximate surface area is 227 Å². The molecular weight excluding hydrogens is 506 g/mol. The SMILES string of the molecule is CN(C)Cc1ccc(-c2cc(N(C)C)c3c(c2O)C(=O)CC(CC(CCO)[C@](O)(CO)C(=O)CC(N)=O)C3)o1. The molecule has 3 rings (SSSR count). The monoisotopic (exact) mass is 545 g/mol. The minimum atomic E-state index is -2.29. The fourth-order valence-corrected chi connectivity index (χ4v) is 5.47. The Morgan fingerprint density at radius 3 is 2.44 bits per heavy atom. The predicted molar refractivity (Wildman–Crippen MR) is 144 cm³/mol. The molecule has 0 bridgehead atoms. The van der Waals surface area contributed by atoms with Gasteiger partial charge < -0.3 is 40.4 Å². The molecular formula is C28H39N3O8. The van der Waals surface area contributed by atoms with Crippen molar-refractivity contribution in [1.29, 1.82) is 0 Å². The number of hydrogen-bond donors (Lipinski definition) is 5. The lowest BCUT2D eigenvalue weighted by Gasteiger charge is -2.37. The number of rotatable bonds is 13. The van der Waals surface area contributed by atoms with E-state index in [-0.39, 0.29) is 48.9 Å². The molecule has 0 saturated carbocycles. The van der Waals surface area contributed by atoms with Gasteiger partial charge in [0.2, 0.25) is 5.91 Å². The summed E-state index contributed by atoms with van der Waals surface area (Å²) in [5.74, 6) is -2.47. The van der Waals surface area contributed by atoms with E-state index < -0.39 is 36.2 Å². The standard InChI is InChI=1S/C28H39N3O8/c1-30(2)14-18-5-6-23(39-18)20-12-21(31(3)4)19-10-16(11-22(34)26(19)27(20)37)9-17(7-8-32)28(38,15-33)24(35)13-25(29)36/h5-6,12,16-17,32-33,37-38H,7-11,13-15H2,1-4H3,(H2,29,36)/t16?,17?,28-/m1/s1. The number of ketones is 2. The Morgan fingerprint density at radius 1 is 1.18 bits per heavy atom. The van der Waals surface area contributed by atoms with Crippen LogP contribution in [0.1, 0.15) is 47.4 Å². The molecule has 6 N–H and O–H groups in total. The third-order valence-electron chi connectivity index (χ3n) is 7.34. The van der Waals surface area contributed by atoms with Crippen LogP contribution < -0.4 is 10.6 Å². The first-order valence-corrected chi connectivity index (χ1v) is 12.9. The first kappa shape index (κ1) is 30.3. The molecule has 0 radical (unpaired) electrons. The largest absolute Gasteiger partial charge is 0.506 e. The molecule has 11 nitrogen and oxygen atoms in total. The van der Waals surface area contributed by atoms with Crippen molar-refractivity contribution in [3.63, 3.8) is 0 Å². The molecule has 0 saturated heterocycles. The van der Waals surface area contributed by atoms with Gasteiger partial charge in [0.1, 0.15) is 22.9 Å². The van der Waals surface area contributed by atoms with Crippen LogP contribution in [0.2, 0.25) is 0 Å². The quantitative estimate of drug-likeness (QED) is 0.229.